The van der Waals surface area contributed by atoms with Crippen LogP contribution in [0.2, 0.25) is 0 Å². The van der Waals surface area contributed by atoms with Crippen LogP contribution in [0.3, 0.4) is 0 Å². The number of aromatic nitrogens is 2. The van der Waals surface area contributed by atoms with E-state index in [0.717, 1.165) is 0 Å². The van der Waals surface area contributed by atoms with E-state index in [9.17, 15) is 4.79 Å². The van der Waals surface area contributed by atoms with Crippen LogP contribution in [0.4, 0.5) is 0 Å². The SMILES string of the molecule is COc1cc2nc(CN(C)[C@H](C)C(C)(C)C)[nH]c(=O)c2cc1OC. The van der Waals surface area contributed by atoms with Gasteiger partial charge in [0.2, 0.25) is 0 Å². The van der Waals surface area contributed by atoms with Crippen molar-refractivity contribution in [3.05, 3.63) is 28.3 Å². The van der Waals surface area contributed by atoms with Crippen LogP contribution in [0.1, 0.15) is 33.5 Å². The number of hydrogen-bond donors (Lipinski definition) is 1. The zero-order valence-corrected chi connectivity index (χ0v) is 15.6. The summed E-state index contributed by atoms with van der Waals surface area (Å²) < 4.78 is 10.5. The van der Waals surface area contributed by atoms with E-state index in [-0.39, 0.29) is 11.0 Å². The van der Waals surface area contributed by atoms with Gasteiger partial charge in [-0.05, 0) is 25.5 Å². The van der Waals surface area contributed by atoms with E-state index in [2.05, 4.69) is 42.6 Å². The number of hydrogen-bond acceptors (Lipinski definition) is 5. The van der Waals surface area contributed by atoms with E-state index in [1.807, 2.05) is 7.05 Å². The highest BCUT2D eigenvalue weighted by Crippen LogP contribution is 2.30. The van der Waals surface area contributed by atoms with Gasteiger partial charge in [0, 0.05) is 12.1 Å². The molecule has 0 bridgehead atoms. The molecule has 1 atom stereocenters. The zero-order chi connectivity index (χ0) is 18.1. The second-order valence-electron chi connectivity index (χ2n) is 7.19. The average molecular weight is 333 g/mol. The number of rotatable bonds is 5. The standard InChI is InChI=1S/C18H27N3O3/c1-11(18(2,3)4)21(5)10-16-19-13-9-15(24-7)14(23-6)8-12(13)17(22)20-16/h8-9,11H,10H2,1-7H3,(H,19,20,22)/t11-/m1/s1. The molecule has 1 N–H and O–H groups in total. The molecule has 2 aromatic rings. The summed E-state index contributed by atoms with van der Waals surface area (Å²) in [7, 11) is 5.15. The Morgan fingerprint density at radius 1 is 1.21 bits per heavy atom. The number of benzene rings is 1. The molecule has 24 heavy (non-hydrogen) atoms. The molecule has 0 saturated carbocycles. The molecule has 0 aliphatic heterocycles. The molecule has 1 heterocycles. The van der Waals surface area contributed by atoms with Gasteiger partial charge in [0.05, 0.1) is 31.7 Å². The number of ether oxygens (including phenoxy) is 2. The monoisotopic (exact) mass is 333 g/mol. The van der Waals surface area contributed by atoms with Gasteiger partial charge in [-0.1, -0.05) is 20.8 Å². The van der Waals surface area contributed by atoms with Gasteiger partial charge in [-0.25, -0.2) is 4.98 Å². The van der Waals surface area contributed by atoms with E-state index >= 15 is 0 Å². The predicted octanol–water partition coefficient (Wildman–Crippen LogP) is 2.81. The molecular formula is C18H27N3O3. The van der Waals surface area contributed by atoms with E-state index in [1.54, 1.807) is 26.4 Å². The molecule has 6 heteroatoms. The van der Waals surface area contributed by atoms with Crippen LogP contribution in [0, 0.1) is 5.41 Å². The second-order valence-corrected chi connectivity index (χ2v) is 7.19. The number of aromatic amines is 1. The fraction of sp³-hybridized carbons (Fsp3) is 0.556. The molecule has 0 radical (unpaired) electrons. The highest BCUT2D eigenvalue weighted by atomic mass is 16.5. The van der Waals surface area contributed by atoms with Crippen molar-refractivity contribution in [2.24, 2.45) is 5.41 Å². The number of methoxy groups -OCH3 is 2. The lowest BCUT2D eigenvalue weighted by Gasteiger charge is -2.35. The molecule has 1 aromatic heterocycles. The van der Waals surface area contributed by atoms with Crippen molar-refractivity contribution < 1.29 is 9.47 Å². The third-order valence-corrected chi connectivity index (χ3v) is 4.57. The third kappa shape index (κ3) is 3.70. The van der Waals surface area contributed by atoms with Gasteiger partial charge in [-0.15, -0.1) is 0 Å². The molecule has 0 unspecified atom stereocenters. The van der Waals surface area contributed by atoms with Crippen molar-refractivity contribution in [2.75, 3.05) is 21.3 Å². The summed E-state index contributed by atoms with van der Waals surface area (Å²) in [6.45, 7) is 9.33. The molecule has 0 spiro atoms. The van der Waals surface area contributed by atoms with E-state index < -0.39 is 0 Å². The van der Waals surface area contributed by atoms with Gasteiger partial charge in [-0.2, -0.15) is 0 Å². The number of nitrogens with zero attached hydrogens (tertiary/aromatic N) is 2. The van der Waals surface area contributed by atoms with Crippen LogP contribution in [-0.4, -0.2) is 42.2 Å². The summed E-state index contributed by atoms with van der Waals surface area (Å²) in [6, 6.07) is 3.73. The lowest BCUT2D eigenvalue weighted by molar-refractivity contribution is 0.132. The number of H-pyrrole nitrogens is 1. The number of nitrogens with one attached hydrogen (secondary N) is 1. The molecule has 0 saturated heterocycles. The maximum Gasteiger partial charge on any atom is 0.258 e. The molecule has 6 nitrogen and oxygen atoms in total. The summed E-state index contributed by atoms with van der Waals surface area (Å²) in [4.78, 5) is 22.1. The van der Waals surface area contributed by atoms with E-state index in [0.29, 0.717) is 40.8 Å². The van der Waals surface area contributed by atoms with Gasteiger partial charge in [0.25, 0.3) is 5.56 Å². The molecule has 132 valence electrons. The van der Waals surface area contributed by atoms with E-state index in [1.165, 1.54) is 0 Å². The van der Waals surface area contributed by atoms with Crippen LogP contribution in [0.25, 0.3) is 10.9 Å². The van der Waals surface area contributed by atoms with Crippen molar-refractivity contribution in [2.45, 2.75) is 40.3 Å². The summed E-state index contributed by atoms with van der Waals surface area (Å²) in [6.07, 6.45) is 0. The Morgan fingerprint density at radius 3 is 2.33 bits per heavy atom. The molecule has 1 aromatic carbocycles. The van der Waals surface area contributed by atoms with Gasteiger partial charge >= 0.3 is 0 Å². The normalized spacial score (nSPS) is 13.3. The zero-order valence-electron chi connectivity index (χ0n) is 15.6. The molecule has 0 fully saturated rings. The van der Waals surface area contributed by atoms with Gasteiger partial charge in [0.1, 0.15) is 5.82 Å². The minimum atomic E-state index is -0.173. The Bertz CT molecular complexity index is 777. The Kier molecular flexibility index (Phi) is 5.18. The first-order valence-corrected chi connectivity index (χ1v) is 8.02. The van der Waals surface area contributed by atoms with Crippen molar-refractivity contribution in [3.63, 3.8) is 0 Å². The van der Waals surface area contributed by atoms with Crippen LogP contribution in [0.15, 0.2) is 16.9 Å². The van der Waals surface area contributed by atoms with Crippen molar-refractivity contribution >= 4 is 10.9 Å². The minimum absolute atomic E-state index is 0.141. The summed E-state index contributed by atoms with van der Waals surface area (Å²) in [5.41, 5.74) is 0.568. The topological polar surface area (TPSA) is 67.5 Å². The lowest BCUT2D eigenvalue weighted by atomic mass is 9.87. The summed E-state index contributed by atoms with van der Waals surface area (Å²) >= 11 is 0. The Labute approximate surface area is 142 Å². The van der Waals surface area contributed by atoms with Crippen LogP contribution < -0.4 is 15.0 Å². The van der Waals surface area contributed by atoms with Gasteiger partial charge < -0.3 is 14.5 Å². The second kappa shape index (κ2) is 6.81. The molecular weight excluding hydrogens is 306 g/mol. The first kappa shape index (κ1) is 18.3. The first-order chi connectivity index (χ1) is 11.2. The lowest BCUT2D eigenvalue weighted by Crippen LogP contribution is -2.39. The van der Waals surface area contributed by atoms with E-state index in [4.69, 9.17) is 9.47 Å². The number of fused-ring (bicyclic) bond motifs is 1. The molecule has 0 aliphatic rings. The minimum Gasteiger partial charge on any atom is -0.493 e. The quantitative estimate of drug-likeness (QED) is 0.911. The maximum atomic E-state index is 12.4. The fourth-order valence-electron chi connectivity index (χ4n) is 2.62. The Balaban J connectivity index is 2.41. The largest absolute Gasteiger partial charge is 0.493 e. The summed E-state index contributed by atoms with van der Waals surface area (Å²) in [5, 5.41) is 0.489. The molecule has 0 aliphatic carbocycles. The summed E-state index contributed by atoms with van der Waals surface area (Å²) in [5.74, 6) is 1.72. The highest BCUT2D eigenvalue weighted by molar-refractivity contribution is 5.81. The Morgan fingerprint density at radius 2 is 1.79 bits per heavy atom. The first-order valence-electron chi connectivity index (χ1n) is 8.02. The average Bonchev–Trinajstić information content (AvgIpc) is 2.51. The molecule has 2 rings (SSSR count). The van der Waals surface area contributed by atoms with Crippen molar-refractivity contribution in [1.29, 1.82) is 0 Å². The third-order valence-electron chi connectivity index (χ3n) is 4.57. The maximum absolute atomic E-state index is 12.4. The van der Waals surface area contributed by atoms with Gasteiger partial charge in [-0.3, -0.25) is 9.69 Å². The van der Waals surface area contributed by atoms with Crippen molar-refractivity contribution in [3.8, 4) is 11.5 Å². The van der Waals surface area contributed by atoms with Crippen molar-refractivity contribution in [1.82, 2.24) is 14.9 Å². The van der Waals surface area contributed by atoms with Gasteiger partial charge in [0.15, 0.2) is 11.5 Å². The van der Waals surface area contributed by atoms with Crippen LogP contribution in [0.5, 0.6) is 11.5 Å². The fourth-order valence-corrected chi connectivity index (χ4v) is 2.62. The van der Waals surface area contributed by atoms with Crippen LogP contribution >= 0.6 is 0 Å². The molecule has 0 amide bonds. The Hall–Kier alpha value is -2.08. The smallest absolute Gasteiger partial charge is 0.258 e. The predicted molar refractivity (Wildman–Crippen MR) is 95.9 cm³/mol. The van der Waals surface area contributed by atoms with Crippen LogP contribution in [-0.2, 0) is 6.54 Å². The highest BCUT2D eigenvalue weighted by Gasteiger charge is 2.24.